The van der Waals surface area contributed by atoms with E-state index in [1.807, 2.05) is 6.92 Å². The molecule has 0 aliphatic heterocycles. The molecule has 3 rings (SSSR count). The SMILES string of the molecule is CCOc1ccc(Nc2ncnc(N(C)c3ccccc3C(=O)OC)c2[N+](=O)[O-])cc1. The van der Waals surface area contributed by atoms with Crippen LogP contribution in [0.25, 0.3) is 0 Å². The maximum Gasteiger partial charge on any atom is 0.354 e. The van der Waals surface area contributed by atoms with Crippen LogP contribution < -0.4 is 15.0 Å². The lowest BCUT2D eigenvalue weighted by atomic mass is 10.1. The van der Waals surface area contributed by atoms with E-state index in [4.69, 9.17) is 9.47 Å². The summed E-state index contributed by atoms with van der Waals surface area (Å²) in [4.78, 5) is 33.1. The smallest absolute Gasteiger partial charge is 0.354 e. The molecule has 0 atom stereocenters. The van der Waals surface area contributed by atoms with Gasteiger partial charge in [-0.1, -0.05) is 12.1 Å². The van der Waals surface area contributed by atoms with Gasteiger partial charge in [-0.3, -0.25) is 10.1 Å². The molecule has 10 heteroatoms. The van der Waals surface area contributed by atoms with E-state index in [0.29, 0.717) is 23.7 Å². The second-order valence-electron chi connectivity index (χ2n) is 6.30. The Morgan fingerprint density at radius 1 is 1.16 bits per heavy atom. The molecule has 0 saturated carbocycles. The third-order valence-corrected chi connectivity index (χ3v) is 4.40. The fraction of sp³-hybridized carbons (Fsp3) is 0.190. The third-order valence-electron chi connectivity index (χ3n) is 4.40. The van der Waals surface area contributed by atoms with Crippen molar-refractivity contribution in [1.29, 1.82) is 0 Å². The number of anilines is 4. The van der Waals surface area contributed by atoms with Gasteiger partial charge in [0, 0.05) is 12.7 Å². The summed E-state index contributed by atoms with van der Waals surface area (Å²) in [5.41, 5.74) is 0.914. The second-order valence-corrected chi connectivity index (χ2v) is 6.30. The highest BCUT2D eigenvalue weighted by Crippen LogP contribution is 2.37. The largest absolute Gasteiger partial charge is 0.494 e. The van der Waals surface area contributed by atoms with Gasteiger partial charge in [-0.05, 0) is 43.3 Å². The minimum Gasteiger partial charge on any atom is -0.494 e. The van der Waals surface area contributed by atoms with E-state index in [-0.39, 0.29) is 22.9 Å². The fourth-order valence-corrected chi connectivity index (χ4v) is 2.98. The summed E-state index contributed by atoms with van der Waals surface area (Å²) in [6.45, 7) is 2.42. The van der Waals surface area contributed by atoms with Crippen molar-refractivity contribution < 1.29 is 19.2 Å². The van der Waals surface area contributed by atoms with Gasteiger partial charge < -0.3 is 19.7 Å². The lowest BCUT2D eigenvalue weighted by Gasteiger charge is -2.21. The Labute approximate surface area is 178 Å². The maximum atomic E-state index is 12.1. The van der Waals surface area contributed by atoms with Crippen LogP contribution in [0.4, 0.5) is 28.7 Å². The Hall–Kier alpha value is -4.21. The van der Waals surface area contributed by atoms with Crippen molar-refractivity contribution in [3.63, 3.8) is 0 Å². The number of benzene rings is 2. The van der Waals surface area contributed by atoms with Gasteiger partial charge in [0.2, 0.25) is 11.6 Å². The van der Waals surface area contributed by atoms with E-state index in [9.17, 15) is 14.9 Å². The molecule has 0 amide bonds. The highest BCUT2D eigenvalue weighted by molar-refractivity contribution is 5.97. The minimum absolute atomic E-state index is 0.0153. The second kappa shape index (κ2) is 9.53. The number of para-hydroxylation sites is 1. The predicted octanol–water partition coefficient (Wildman–Crippen LogP) is 4.08. The molecule has 0 unspecified atom stereocenters. The molecule has 3 aromatic rings. The number of aromatic nitrogens is 2. The average Bonchev–Trinajstić information content (AvgIpc) is 2.79. The van der Waals surface area contributed by atoms with Gasteiger partial charge >= 0.3 is 11.7 Å². The van der Waals surface area contributed by atoms with Crippen molar-refractivity contribution in [2.45, 2.75) is 6.92 Å². The van der Waals surface area contributed by atoms with Crippen molar-refractivity contribution in [3.05, 3.63) is 70.5 Å². The highest BCUT2D eigenvalue weighted by Gasteiger charge is 2.28. The number of ether oxygens (including phenoxy) is 2. The summed E-state index contributed by atoms with van der Waals surface area (Å²) < 4.78 is 10.2. The molecule has 31 heavy (non-hydrogen) atoms. The first-order chi connectivity index (χ1) is 15.0. The first-order valence-electron chi connectivity index (χ1n) is 9.36. The maximum absolute atomic E-state index is 12.1. The monoisotopic (exact) mass is 423 g/mol. The highest BCUT2D eigenvalue weighted by atomic mass is 16.6. The van der Waals surface area contributed by atoms with E-state index in [0.717, 1.165) is 0 Å². The van der Waals surface area contributed by atoms with Crippen LogP contribution in [0.3, 0.4) is 0 Å². The number of rotatable bonds is 8. The zero-order valence-corrected chi connectivity index (χ0v) is 17.2. The van der Waals surface area contributed by atoms with Crippen LogP contribution in [0.1, 0.15) is 17.3 Å². The molecule has 1 N–H and O–H groups in total. The summed E-state index contributed by atoms with van der Waals surface area (Å²) in [7, 11) is 2.85. The van der Waals surface area contributed by atoms with Crippen molar-refractivity contribution in [3.8, 4) is 5.75 Å². The first kappa shape index (κ1) is 21.5. The average molecular weight is 423 g/mol. The van der Waals surface area contributed by atoms with Crippen LogP contribution in [-0.4, -0.2) is 41.6 Å². The van der Waals surface area contributed by atoms with Gasteiger partial charge in [-0.25, -0.2) is 14.8 Å². The van der Waals surface area contributed by atoms with Crippen LogP contribution in [0.5, 0.6) is 5.75 Å². The molecule has 0 radical (unpaired) electrons. The van der Waals surface area contributed by atoms with E-state index in [2.05, 4.69) is 15.3 Å². The quantitative estimate of drug-likeness (QED) is 0.324. The van der Waals surface area contributed by atoms with Gasteiger partial charge in [0.1, 0.15) is 12.1 Å². The van der Waals surface area contributed by atoms with E-state index < -0.39 is 10.9 Å². The third kappa shape index (κ3) is 4.69. The molecule has 0 fully saturated rings. The van der Waals surface area contributed by atoms with Gasteiger partial charge in [-0.2, -0.15) is 0 Å². The Morgan fingerprint density at radius 3 is 2.52 bits per heavy atom. The molecule has 0 aliphatic carbocycles. The van der Waals surface area contributed by atoms with Gasteiger partial charge in [-0.15, -0.1) is 0 Å². The summed E-state index contributed by atoms with van der Waals surface area (Å²) in [5.74, 6) is 0.156. The zero-order valence-electron chi connectivity index (χ0n) is 17.2. The number of hydrogen-bond donors (Lipinski definition) is 1. The minimum atomic E-state index is -0.566. The molecule has 0 bridgehead atoms. The van der Waals surface area contributed by atoms with E-state index in [1.54, 1.807) is 55.6 Å². The summed E-state index contributed by atoms with van der Waals surface area (Å²) in [6.07, 6.45) is 1.22. The number of nitro groups is 1. The molecule has 160 valence electrons. The number of carbonyl (C=O) groups excluding carboxylic acids is 1. The molecule has 0 aliphatic rings. The molecule has 0 saturated heterocycles. The molecule has 0 spiro atoms. The summed E-state index contributed by atoms with van der Waals surface area (Å²) in [5, 5.41) is 14.9. The number of esters is 1. The van der Waals surface area contributed by atoms with Gasteiger partial charge in [0.15, 0.2) is 0 Å². The van der Waals surface area contributed by atoms with Crippen LogP contribution in [-0.2, 0) is 4.74 Å². The Balaban J connectivity index is 2.01. The van der Waals surface area contributed by atoms with Gasteiger partial charge in [0.25, 0.3) is 0 Å². The summed E-state index contributed by atoms with van der Waals surface area (Å²) >= 11 is 0. The van der Waals surface area contributed by atoms with Gasteiger partial charge in [0.05, 0.1) is 29.9 Å². The number of methoxy groups -OCH3 is 1. The van der Waals surface area contributed by atoms with Crippen molar-refractivity contribution in [2.75, 3.05) is 31.0 Å². The Kier molecular flexibility index (Phi) is 6.61. The molecule has 1 aromatic heterocycles. The molecular formula is C21H21N5O5. The van der Waals surface area contributed by atoms with Crippen LogP contribution >= 0.6 is 0 Å². The van der Waals surface area contributed by atoms with Crippen LogP contribution in [0.2, 0.25) is 0 Å². The van der Waals surface area contributed by atoms with Crippen LogP contribution in [0, 0.1) is 10.1 Å². The van der Waals surface area contributed by atoms with E-state index in [1.165, 1.54) is 18.3 Å². The van der Waals surface area contributed by atoms with Crippen LogP contribution in [0.15, 0.2) is 54.9 Å². The molecular weight excluding hydrogens is 402 g/mol. The molecule has 1 heterocycles. The number of hydrogen-bond acceptors (Lipinski definition) is 9. The fourth-order valence-electron chi connectivity index (χ4n) is 2.98. The van der Waals surface area contributed by atoms with Crippen molar-refractivity contribution in [1.82, 2.24) is 9.97 Å². The molecule has 10 nitrogen and oxygen atoms in total. The Bertz CT molecular complexity index is 1090. The summed E-state index contributed by atoms with van der Waals surface area (Å²) in [6, 6.07) is 13.6. The molecule has 2 aromatic carbocycles. The Morgan fingerprint density at radius 2 is 1.87 bits per heavy atom. The zero-order chi connectivity index (χ0) is 22.4. The normalized spacial score (nSPS) is 10.3. The lowest BCUT2D eigenvalue weighted by molar-refractivity contribution is -0.383. The van der Waals surface area contributed by atoms with E-state index >= 15 is 0 Å². The van der Waals surface area contributed by atoms with Crippen molar-refractivity contribution in [2.24, 2.45) is 0 Å². The number of nitrogens with zero attached hydrogens (tertiary/aromatic N) is 4. The predicted molar refractivity (Wildman–Crippen MR) is 115 cm³/mol. The number of nitrogens with one attached hydrogen (secondary N) is 1. The number of carbonyl (C=O) groups is 1. The topological polar surface area (TPSA) is 120 Å². The first-order valence-corrected chi connectivity index (χ1v) is 9.36. The van der Waals surface area contributed by atoms with Crippen molar-refractivity contribution >= 4 is 34.7 Å². The lowest BCUT2D eigenvalue weighted by Crippen LogP contribution is -2.18. The standard InChI is InChI=1S/C21H21N5O5/c1-4-31-15-11-9-14(10-12-15)24-19-18(26(28)29)20(23-13-22-19)25(2)17-8-6-5-7-16(17)21(27)30-3/h5-13H,4H2,1-3H3,(H,22,23,24).